The zero-order valence-corrected chi connectivity index (χ0v) is 17.4. The molecule has 2 N–H and O–H groups in total. The number of nitro benzene ring substituents is 1. The van der Waals surface area contributed by atoms with E-state index in [4.69, 9.17) is 4.74 Å². The van der Waals surface area contributed by atoms with Crippen LogP contribution in [0.3, 0.4) is 0 Å². The maximum atomic E-state index is 11.9. The van der Waals surface area contributed by atoms with E-state index in [1.807, 2.05) is 19.1 Å². The standard InChI is InChI=1S/C19H20IN3O5/c1-13-11-14(20)8-9-15(13)22-18(24)12-28-19(25)7-4-10-21-16-5-2-3-6-17(16)23(26)27/h2-3,5-6,8-9,11,21H,4,7,10,12H2,1H3,(H,22,24). The average Bonchev–Trinajstić information content (AvgIpc) is 2.66. The lowest BCUT2D eigenvalue weighted by atomic mass is 10.2. The van der Waals surface area contributed by atoms with Crippen LogP contribution in [0.1, 0.15) is 18.4 Å². The van der Waals surface area contributed by atoms with Gasteiger partial charge in [-0.15, -0.1) is 0 Å². The Kier molecular flexibility index (Phi) is 8.18. The second-order valence-electron chi connectivity index (χ2n) is 5.97. The second kappa shape index (κ2) is 10.6. The molecule has 0 aliphatic rings. The number of hydrogen-bond acceptors (Lipinski definition) is 6. The molecule has 2 rings (SSSR count). The molecule has 8 nitrogen and oxygen atoms in total. The fourth-order valence-electron chi connectivity index (χ4n) is 2.41. The minimum atomic E-state index is -0.501. The van der Waals surface area contributed by atoms with E-state index < -0.39 is 16.8 Å². The van der Waals surface area contributed by atoms with E-state index >= 15 is 0 Å². The summed E-state index contributed by atoms with van der Waals surface area (Å²) < 4.78 is 6.03. The Labute approximate surface area is 175 Å². The maximum Gasteiger partial charge on any atom is 0.306 e. The van der Waals surface area contributed by atoms with Crippen LogP contribution >= 0.6 is 22.6 Å². The van der Waals surface area contributed by atoms with Crippen molar-refractivity contribution in [2.24, 2.45) is 0 Å². The Hall–Kier alpha value is -2.69. The van der Waals surface area contributed by atoms with Crippen molar-refractivity contribution >= 4 is 51.5 Å². The highest BCUT2D eigenvalue weighted by atomic mass is 127. The summed E-state index contributed by atoms with van der Waals surface area (Å²) in [5.74, 6) is -0.908. The molecule has 0 saturated carbocycles. The molecule has 0 radical (unpaired) electrons. The minimum absolute atomic E-state index is 0.0207. The van der Waals surface area contributed by atoms with Crippen molar-refractivity contribution in [2.45, 2.75) is 19.8 Å². The van der Waals surface area contributed by atoms with Gasteiger partial charge < -0.3 is 15.4 Å². The van der Waals surface area contributed by atoms with Crippen LogP contribution in [0.4, 0.5) is 17.1 Å². The third kappa shape index (κ3) is 6.80. The Morgan fingerprint density at radius 3 is 2.64 bits per heavy atom. The number of aryl methyl sites for hydroxylation is 1. The number of amides is 1. The topological polar surface area (TPSA) is 111 Å². The fraction of sp³-hybridized carbons (Fsp3) is 0.263. The number of nitrogens with zero attached hydrogens (tertiary/aromatic N) is 1. The lowest BCUT2D eigenvalue weighted by molar-refractivity contribution is -0.384. The van der Waals surface area contributed by atoms with Crippen LogP contribution in [-0.4, -0.2) is 30.0 Å². The van der Waals surface area contributed by atoms with Gasteiger partial charge in [-0.2, -0.15) is 0 Å². The first-order chi connectivity index (χ1) is 13.4. The zero-order valence-electron chi connectivity index (χ0n) is 15.2. The van der Waals surface area contributed by atoms with Crippen molar-refractivity contribution in [3.8, 4) is 0 Å². The number of carbonyl (C=O) groups is 2. The van der Waals surface area contributed by atoms with Gasteiger partial charge in [0.05, 0.1) is 4.92 Å². The van der Waals surface area contributed by atoms with Gasteiger partial charge in [-0.3, -0.25) is 19.7 Å². The van der Waals surface area contributed by atoms with E-state index in [1.165, 1.54) is 6.07 Å². The minimum Gasteiger partial charge on any atom is -0.456 e. The van der Waals surface area contributed by atoms with E-state index in [1.54, 1.807) is 24.3 Å². The number of ether oxygens (including phenoxy) is 1. The normalized spacial score (nSPS) is 10.2. The monoisotopic (exact) mass is 497 g/mol. The highest BCUT2D eigenvalue weighted by Crippen LogP contribution is 2.23. The van der Waals surface area contributed by atoms with Gasteiger partial charge in [-0.25, -0.2) is 0 Å². The second-order valence-corrected chi connectivity index (χ2v) is 7.22. The molecule has 148 valence electrons. The highest BCUT2D eigenvalue weighted by Gasteiger charge is 2.12. The van der Waals surface area contributed by atoms with Crippen molar-refractivity contribution in [2.75, 3.05) is 23.8 Å². The number of para-hydroxylation sites is 2. The van der Waals surface area contributed by atoms with Crippen molar-refractivity contribution in [3.63, 3.8) is 0 Å². The van der Waals surface area contributed by atoms with Gasteiger partial charge in [0.2, 0.25) is 0 Å². The summed E-state index contributed by atoms with van der Waals surface area (Å²) >= 11 is 2.18. The third-order valence-corrected chi connectivity index (χ3v) is 4.47. The molecule has 0 atom stereocenters. The maximum absolute atomic E-state index is 11.9. The van der Waals surface area contributed by atoms with E-state index in [-0.39, 0.29) is 18.7 Å². The Bertz CT molecular complexity index is 872. The molecule has 0 fully saturated rings. The number of benzene rings is 2. The molecule has 0 spiro atoms. The predicted molar refractivity (Wildman–Crippen MR) is 114 cm³/mol. The molecule has 0 heterocycles. The molecule has 28 heavy (non-hydrogen) atoms. The summed E-state index contributed by atoms with van der Waals surface area (Å²) in [5, 5.41) is 16.6. The summed E-state index contributed by atoms with van der Waals surface area (Å²) in [6, 6.07) is 11.9. The first-order valence-electron chi connectivity index (χ1n) is 8.55. The number of rotatable bonds is 9. The molecule has 0 aliphatic carbocycles. The quantitative estimate of drug-likeness (QED) is 0.179. The lowest BCUT2D eigenvalue weighted by Crippen LogP contribution is -2.21. The van der Waals surface area contributed by atoms with Gasteiger partial charge in [0.25, 0.3) is 11.6 Å². The van der Waals surface area contributed by atoms with Gasteiger partial charge >= 0.3 is 5.97 Å². The zero-order chi connectivity index (χ0) is 20.5. The summed E-state index contributed by atoms with van der Waals surface area (Å²) in [6.07, 6.45) is 0.520. The summed E-state index contributed by atoms with van der Waals surface area (Å²) in [7, 11) is 0. The average molecular weight is 497 g/mol. The van der Waals surface area contributed by atoms with Crippen LogP contribution in [0.25, 0.3) is 0 Å². The molecule has 0 saturated heterocycles. The van der Waals surface area contributed by atoms with Gasteiger partial charge in [0.15, 0.2) is 6.61 Å². The van der Waals surface area contributed by atoms with Crippen LogP contribution in [-0.2, 0) is 14.3 Å². The van der Waals surface area contributed by atoms with Crippen molar-refractivity contribution in [1.82, 2.24) is 0 Å². The van der Waals surface area contributed by atoms with Crippen LogP contribution in [0.15, 0.2) is 42.5 Å². The largest absolute Gasteiger partial charge is 0.456 e. The Morgan fingerprint density at radius 2 is 1.93 bits per heavy atom. The van der Waals surface area contributed by atoms with Crippen molar-refractivity contribution < 1.29 is 19.2 Å². The number of hydrogen-bond donors (Lipinski definition) is 2. The first-order valence-corrected chi connectivity index (χ1v) is 9.63. The highest BCUT2D eigenvalue weighted by molar-refractivity contribution is 14.1. The Balaban J connectivity index is 1.69. The van der Waals surface area contributed by atoms with Gasteiger partial charge in [-0.05, 0) is 65.8 Å². The number of nitrogens with one attached hydrogen (secondary N) is 2. The molecule has 2 aromatic carbocycles. The van der Waals surface area contributed by atoms with Crippen LogP contribution in [0.5, 0.6) is 0 Å². The van der Waals surface area contributed by atoms with E-state index in [2.05, 4.69) is 33.2 Å². The molecular formula is C19H20IN3O5. The van der Waals surface area contributed by atoms with Gasteiger partial charge in [-0.1, -0.05) is 12.1 Å². The predicted octanol–water partition coefficient (Wildman–Crippen LogP) is 3.88. The molecule has 0 unspecified atom stereocenters. The third-order valence-electron chi connectivity index (χ3n) is 3.80. The number of esters is 1. The molecule has 0 bridgehead atoms. The SMILES string of the molecule is Cc1cc(I)ccc1NC(=O)COC(=O)CCCNc1ccccc1[N+](=O)[O-]. The number of anilines is 2. The first kappa shape index (κ1) is 21.6. The Morgan fingerprint density at radius 1 is 1.18 bits per heavy atom. The van der Waals surface area contributed by atoms with E-state index in [0.29, 0.717) is 24.3 Å². The lowest BCUT2D eigenvalue weighted by Gasteiger charge is -2.10. The van der Waals surface area contributed by atoms with Crippen LogP contribution in [0, 0.1) is 20.6 Å². The molecule has 9 heteroatoms. The van der Waals surface area contributed by atoms with E-state index in [9.17, 15) is 19.7 Å². The molecule has 0 aromatic heterocycles. The molecule has 0 aliphatic heterocycles. The van der Waals surface area contributed by atoms with Crippen molar-refractivity contribution in [1.29, 1.82) is 0 Å². The van der Waals surface area contributed by atoms with E-state index in [0.717, 1.165) is 9.13 Å². The fourth-order valence-corrected chi connectivity index (χ4v) is 3.06. The number of carbonyl (C=O) groups excluding carboxylic acids is 2. The number of nitro groups is 1. The molecule has 1 amide bonds. The van der Waals surface area contributed by atoms with Crippen LogP contribution in [0.2, 0.25) is 0 Å². The smallest absolute Gasteiger partial charge is 0.306 e. The summed E-state index contributed by atoms with van der Waals surface area (Å²) in [6.45, 7) is 1.89. The summed E-state index contributed by atoms with van der Waals surface area (Å²) in [4.78, 5) is 34.1. The van der Waals surface area contributed by atoms with Gasteiger partial charge in [0.1, 0.15) is 5.69 Å². The van der Waals surface area contributed by atoms with Crippen LogP contribution < -0.4 is 10.6 Å². The molecule has 2 aromatic rings. The van der Waals surface area contributed by atoms with Gasteiger partial charge in [0, 0.05) is 28.3 Å². The number of halogens is 1. The molecular weight excluding hydrogens is 477 g/mol. The summed E-state index contributed by atoms with van der Waals surface area (Å²) in [5.41, 5.74) is 1.98. The van der Waals surface area contributed by atoms with Crippen molar-refractivity contribution in [3.05, 3.63) is 61.7 Å².